The molecule has 115 valence electrons. The summed E-state index contributed by atoms with van der Waals surface area (Å²) in [6.07, 6.45) is -27.2. The fourth-order valence-electron chi connectivity index (χ4n) is 0.750. The maximum absolute atomic E-state index is 12.6. The van der Waals surface area contributed by atoms with E-state index in [1.807, 2.05) is 0 Å². The first-order valence-corrected chi connectivity index (χ1v) is 3.71. The highest BCUT2D eigenvalue weighted by Crippen LogP contribution is 2.59. The molecule has 0 nitrogen and oxygen atoms in total. The first-order chi connectivity index (χ1) is 7.90. The second-order valence-electron chi connectivity index (χ2n) is 3.04. The van der Waals surface area contributed by atoms with Gasteiger partial charge in [-0.05, 0) is 0 Å². The van der Waals surface area contributed by atoms with Gasteiger partial charge in [0.2, 0.25) is 0 Å². The Bertz CT molecular complexity index is 301. The van der Waals surface area contributed by atoms with E-state index >= 15 is 0 Å². The van der Waals surface area contributed by atoms with Crippen molar-refractivity contribution < 1.29 is 57.1 Å². The van der Waals surface area contributed by atoms with Crippen LogP contribution in [0.2, 0.25) is 0 Å². The predicted molar refractivity (Wildman–Crippen MR) is 31.3 cm³/mol. The average Bonchev–Trinajstić information content (AvgIpc) is 2.09. The van der Waals surface area contributed by atoms with Crippen LogP contribution >= 0.6 is 0 Å². The monoisotopic (exact) mass is 319 g/mol. The van der Waals surface area contributed by atoms with Crippen LogP contribution in [0.25, 0.3) is 0 Å². The lowest BCUT2D eigenvalue weighted by molar-refractivity contribution is -0.371. The van der Waals surface area contributed by atoms with Gasteiger partial charge >= 0.3 is 30.1 Å². The Morgan fingerprint density at radius 1 is 0.474 bits per heavy atom. The molecule has 1 radical (unpaired) electrons. The van der Waals surface area contributed by atoms with Gasteiger partial charge in [0, 0.05) is 0 Å². The molecule has 0 aromatic carbocycles. The molecule has 0 aliphatic heterocycles. The van der Waals surface area contributed by atoms with Crippen molar-refractivity contribution in [3.8, 4) is 0 Å². The minimum atomic E-state index is -7.45. The number of halogens is 13. The Balaban J connectivity index is 5.97. The topological polar surface area (TPSA) is 0 Å². The third-order valence-electron chi connectivity index (χ3n) is 1.72. The lowest BCUT2D eigenvalue weighted by Gasteiger charge is -2.35. The van der Waals surface area contributed by atoms with E-state index in [4.69, 9.17) is 0 Å². The zero-order valence-electron chi connectivity index (χ0n) is 7.91. The number of hydrogen-bond donors (Lipinski definition) is 0. The van der Waals surface area contributed by atoms with E-state index in [2.05, 4.69) is 0 Å². The van der Waals surface area contributed by atoms with Gasteiger partial charge in [0.15, 0.2) is 0 Å². The highest BCUT2D eigenvalue weighted by atomic mass is 19.4. The molecular formula is C6F13. The molecule has 0 saturated carbocycles. The fraction of sp³-hybridized carbons (Fsp3) is 0.833. The second-order valence-corrected chi connectivity index (χ2v) is 3.04. The molecule has 0 unspecified atom stereocenters. The van der Waals surface area contributed by atoms with E-state index in [0.29, 0.717) is 0 Å². The molecule has 0 aromatic rings. The predicted octanol–water partition coefficient (Wildman–Crippen LogP) is 4.52. The van der Waals surface area contributed by atoms with Crippen molar-refractivity contribution in [1.29, 1.82) is 0 Å². The third-order valence-corrected chi connectivity index (χ3v) is 1.72. The normalized spacial score (nSPS) is 16.1. The van der Waals surface area contributed by atoms with Crippen molar-refractivity contribution in [3.63, 3.8) is 0 Å². The van der Waals surface area contributed by atoms with E-state index in [1.165, 1.54) is 0 Å². The summed E-state index contributed by atoms with van der Waals surface area (Å²) in [5, 5.41) is 0. The SMILES string of the molecule is F[C](C(F)(F)C(F)(F)F)C(F)(C(F)(F)F)C(F)(F)F. The second kappa shape index (κ2) is 4.30. The number of hydrogen-bond acceptors (Lipinski definition) is 0. The van der Waals surface area contributed by atoms with E-state index in [0.717, 1.165) is 0 Å². The maximum atomic E-state index is 12.6. The molecule has 0 aliphatic rings. The van der Waals surface area contributed by atoms with E-state index < -0.39 is 36.3 Å². The van der Waals surface area contributed by atoms with Crippen molar-refractivity contribution in [1.82, 2.24) is 0 Å². The van der Waals surface area contributed by atoms with Crippen LogP contribution in [-0.2, 0) is 0 Å². The van der Waals surface area contributed by atoms with Crippen LogP contribution in [0.4, 0.5) is 57.1 Å². The fourth-order valence-corrected chi connectivity index (χ4v) is 0.750. The molecule has 0 amide bonds. The molecule has 0 bridgehead atoms. The number of rotatable bonds is 2. The smallest absolute Gasteiger partial charge is 0.228 e. The summed E-state index contributed by atoms with van der Waals surface area (Å²) in [7, 11) is 0. The van der Waals surface area contributed by atoms with Crippen LogP contribution in [0, 0.1) is 6.17 Å². The third kappa shape index (κ3) is 2.68. The van der Waals surface area contributed by atoms with Crippen LogP contribution in [-0.4, -0.2) is 30.1 Å². The summed E-state index contributed by atoms with van der Waals surface area (Å²) in [5.74, 6) is -7.27. The lowest BCUT2D eigenvalue weighted by Crippen LogP contribution is -2.62. The molecular weight excluding hydrogens is 319 g/mol. The van der Waals surface area contributed by atoms with Crippen LogP contribution < -0.4 is 0 Å². The molecule has 0 N–H and O–H groups in total. The molecule has 13 heteroatoms. The Morgan fingerprint density at radius 3 is 0.895 bits per heavy atom. The van der Waals surface area contributed by atoms with Crippen LogP contribution in [0.1, 0.15) is 0 Å². The first-order valence-electron chi connectivity index (χ1n) is 3.71. The van der Waals surface area contributed by atoms with Gasteiger partial charge in [0.25, 0.3) is 6.17 Å². The van der Waals surface area contributed by atoms with Crippen LogP contribution in [0.5, 0.6) is 0 Å². The Hall–Kier alpha value is -0.910. The molecule has 0 atom stereocenters. The summed E-state index contributed by atoms with van der Waals surface area (Å²) >= 11 is 0. The largest absolute Gasteiger partial charge is 0.457 e. The number of alkyl halides is 12. The van der Waals surface area contributed by atoms with Gasteiger partial charge in [0.1, 0.15) is 0 Å². The van der Waals surface area contributed by atoms with Gasteiger partial charge in [-0.15, -0.1) is 0 Å². The quantitative estimate of drug-likeness (QED) is 0.657. The van der Waals surface area contributed by atoms with Crippen molar-refractivity contribution in [3.05, 3.63) is 6.17 Å². The molecule has 0 aromatic heterocycles. The summed E-state index contributed by atoms with van der Waals surface area (Å²) < 4.78 is 154. The highest BCUT2D eigenvalue weighted by Gasteiger charge is 2.85. The van der Waals surface area contributed by atoms with E-state index in [9.17, 15) is 57.1 Å². The minimum absolute atomic E-state index is 5.24. The lowest BCUT2D eigenvalue weighted by atomic mass is 9.93. The Morgan fingerprint density at radius 2 is 0.737 bits per heavy atom. The van der Waals surface area contributed by atoms with Gasteiger partial charge in [-0.3, -0.25) is 0 Å². The molecule has 0 spiro atoms. The Labute approximate surface area is 94.7 Å². The zero-order valence-corrected chi connectivity index (χ0v) is 7.91. The molecule has 0 heterocycles. The van der Waals surface area contributed by atoms with Gasteiger partial charge < -0.3 is 0 Å². The van der Waals surface area contributed by atoms with Crippen molar-refractivity contribution in [2.45, 2.75) is 30.1 Å². The summed E-state index contributed by atoms with van der Waals surface area (Å²) in [4.78, 5) is 0. The van der Waals surface area contributed by atoms with Gasteiger partial charge in [-0.1, -0.05) is 0 Å². The maximum Gasteiger partial charge on any atom is 0.457 e. The van der Waals surface area contributed by atoms with E-state index in [1.54, 1.807) is 0 Å². The summed E-state index contributed by atoms with van der Waals surface area (Å²) in [6.45, 7) is 0. The van der Waals surface area contributed by atoms with Crippen LogP contribution in [0.15, 0.2) is 0 Å². The first kappa shape index (κ1) is 18.1. The summed E-state index contributed by atoms with van der Waals surface area (Å²) in [5.41, 5.74) is -7.45. The zero-order chi connectivity index (χ0) is 16.1. The standard InChI is InChI=1S/C6F13/c7-1(3(9,10)6(17,18)19)2(8,4(11,12)13)5(14,15)16. The van der Waals surface area contributed by atoms with Crippen LogP contribution in [0.3, 0.4) is 0 Å². The highest BCUT2D eigenvalue weighted by molar-refractivity contribution is 5.19. The van der Waals surface area contributed by atoms with E-state index in [-0.39, 0.29) is 0 Å². The van der Waals surface area contributed by atoms with Crippen molar-refractivity contribution in [2.75, 3.05) is 0 Å². The van der Waals surface area contributed by atoms with Crippen molar-refractivity contribution in [2.24, 2.45) is 0 Å². The summed E-state index contributed by atoms with van der Waals surface area (Å²) in [6, 6.07) is 0. The molecule has 0 aliphatic carbocycles. The molecule has 0 rings (SSSR count). The molecule has 19 heavy (non-hydrogen) atoms. The Kier molecular flexibility index (Phi) is 4.09. The van der Waals surface area contributed by atoms with Gasteiger partial charge in [-0.25, -0.2) is 8.78 Å². The van der Waals surface area contributed by atoms with Gasteiger partial charge in [0.05, 0.1) is 0 Å². The molecule has 0 fully saturated rings. The minimum Gasteiger partial charge on any atom is -0.228 e. The molecule has 0 saturated heterocycles. The van der Waals surface area contributed by atoms with Gasteiger partial charge in [-0.2, -0.15) is 48.3 Å². The average molecular weight is 319 g/mol. The van der Waals surface area contributed by atoms with Crippen molar-refractivity contribution >= 4 is 0 Å².